The highest BCUT2D eigenvalue weighted by Crippen LogP contribution is 2.12. The molecule has 4 heteroatoms. The second-order valence-corrected chi connectivity index (χ2v) is 3.17. The monoisotopic (exact) mass is 222 g/mol. The molecule has 0 heterocycles. The second-order valence-electron chi connectivity index (χ2n) is 3.17. The summed E-state index contributed by atoms with van der Waals surface area (Å²) in [6.07, 6.45) is 3.10. The number of benzene rings is 1. The van der Waals surface area contributed by atoms with Gasteiger partial charge in [0.1, 0.15) is 12.4 Å². The zero-order valence-corrected chi connectivity index (χ0v) is 8.80. The number of aliphatic hydroxyl groups is 1. The summed E-state index contributed by atoms with van der Waals surface area (Å²) in [6, 6.07) is 7.32. The average molecular weight is 222 g/mol. The molecule has 0 aliphatic rings. The predicted octanol–water partition coefficient (Wildman–Crippen LogP) is 1.24. The standard InChI is InChI=1S/C12H14O4/c13-8-7-10-3-5-11(6-4-10)16-9-1-2-12(14)15/h1-6,13H,7-9H2,(H,14,15)/b2-1+. The maximum atomic E-state index is 10.2. The van der Waals surface area contributed by atoms with Gasteiger partial charge in [0.25, 0.3) is 0 Å². The van der Waals surface area contributed by atoms with E-state index in [9.17, 15) is 4.79 Å². The molecule has 0 aliphatic heterocycles. The minimum absolute atomic E-state index is 0.127. The van der Waals surface area contributed by atoms with Gasteiger partial charge in [0.2, 0.25) is 0 Å². The van der Waals surface area contributed by atoms with Gasteiger partial charge < -0.3 is 14.9 Å². The molecule has 0 spiro atoms. The first-order chi connectivity index (χ1) is 7.72. The van der Waals surface area contributed by atoms with E-state index in [1.54, 1.807) is 12.1 Å². The van der Waals surface area contributed by atoms with Crippen LogP contribution in [0.1, 0.15) is 5.56 Å². The van der Waals surface area contributed by atoms with E-state index in [-0.39, 0.29) is 13.2 Å². The summed E-state index contributed by atoms with van der Waals surface area (Å²) in [5.74, 6) is -0.307. The fourth-order valence-corrected chi connectivity index (χ4v) is 1.17. The number of hydrogen-bond acceptors (Lipinski definition) is 3. The van der Waals surface area contributed by atoms with Crippen LogP contribution in [0.3, 0.4) is 0 Å². The second kappa shape index (κ2) is 6.63. The average Bonchev–Trinajstić information content (AvgIpc) is 2.27. The predicted molar refractivity (Wildman–Crippen MR) is 59.5 cm³/mol. The van der Waals surface area contributed by atoms with E-state index >= 15 is 0 Å². The molecule has 0 bridgehead atoms. The molecule has 86 valence electrons. The van der Waals surface area contributed by atoms with Crippen molar-refractivity contribution in [2.24, 2.45) is 0 Å². The van der Waals surface area contributed by atoms with Gasteiger partial charge in [-0.3, -0.25) is 0 Å². The highest BCUT2D eigenvalue weighted by atomic mass is 16.5. The number of rotatable bonds is 6. The molecule has 0 radical (unpaired) electrons. The van der Waals surface area contributed by atoms with Crippen molar-refractivity contribution in [2.75, 3.05) is 13.2 Å². The summed E-state index contributed by atoms with van der Waals surface area (Å²) in [5.41, 5.74) is 1.04. The van der Waals surface area contributed by atoms with Crippen LogP contribution in [-0.2, 0) is 11.2 Å². The van der Waals surface area contributed by atoms with Gasteiger partial charge in [-0.25, -0.2) is 4.79 Å². The Labute approximate surface area is 93.8 Å². The highest BCUT2D eigenvalue weighted by Gasteiger charge is 1.94. The third-order valence-corrected chi connectivity index (χ3v) is 1.93. The van der Waals surface area contributed by atoms with Crippen LogP contribution in [0, 0.1) is 0 Å². The number of hydrogen-bond donors (Lipinski definition) is 2. The van der Waals surface area contributed by atoms with Gasteiger partial charge in [0.15, 0.2) is 0 Å². The lowest BCUT2D eigenvalue weighted by atomic mass is 10.1. The van der Waals surface area contributed by atoms with Crippen LogP contribution >= 0.6 is 0 Å². The summed E-state index contributed by atoms with van der Waals surface area (Å²) in [7, 11) is 0. The molecule has 0 aliphatic carbocycles. The first-order valence-corrected chi connectivity index (χ1v) is 4.94. The summed E-state index contributed by atoms with van der Waals surface area (Å²) in [6.45, 7) is 0.354. The quantitative estimate of drug-likeness (QED) is 0.711. The molecule has 2 N–H and O–H groups in total. The molecule has 1 rings (SSSR count). The number of carboxylic acids is 1. The molecule has 0 aromatic heterocycles. The number of aliphatic carboxylic acids is 1. The molecule has 0 amide bonds. The molecule has 1 aromatic rings. The lowest BCUT2D eigenvalue weighted by molar-refractivity contribution is -0.131. The minimum atomic E-state index is -0.984. The van der Waals surface area contributed by atoms with Crippen LogP contribution in [0.25, 0.3) is 0 Å². The fourth-order valence-electron chi connectivity index (χ4n) is 1.17. The molecule has 0 atom stereocenters. The molecule has 16 heavy (non-hydrogen) atoms. The lowest BCUT2D eigenvalue weighted by Gasteiger charge is -2.03. The zero-order valence-electron chi connectivity index (χ0n) is 8.80. The fraction of sp³-hybridized carbons (Fsp3) is 0.250. The van der Waals surface area contributed by atoms with E-state index in [2.05, 4.69) is 0 Å². The summed E-state index contributed by atoms with van der Waals surface area (Å²) in [4.78, 5) is 10.2. The molecule has 0 fully saturated rings. The molecular weight excluding hydrogens is 208 g/mol. The van der Waals surface area contributed by atoms with Crippen molar-refractivity contribution in [3.05, 3.63) is 42.0 Å². The molecule has 0 unspecified atom stereocenters. The molecule has 0 saturated heterocycles. The maximum Gasteiger partial charge on any atom is 0.328 e. The normalized spacial score (nSPS) is 10.6. The van der Waals surface area contributed by atoms with Crippen LogP contribution in [-0.4, -0.2) is 29.4 Å². The van der Waals surface area contributed by atoms with Crippen molar-refractivity contribution >= 4 is 5.97 Å². The van der Waals surface area contributed by atoms with E-state index in [1.165, 1.54) is 6.08 Å². The minimum Gasteiger partial charge on any atom is -0.490 e. The van der Waals surface area contributed by atoms with Crippen molar-refractivity contribution in [3.63, 3.8) is 0 Å². The van der Waals surface area contributed by atoms with Gasteiger partial charge in [-0.05, 0) is 30.2 Å². The molecular formula is C12H14O4. The molecule has 0 saturated carbocycles. The highest BCUT2D eigenvalue weighted by molar-refractivity contribution is 5.79. The van der Waals surface area contributed by atoms with E-state index in [4.69, 9.17) is 14.9 Å². The van der Waals surface area contributed by atoms with Gasteiger partial charge in [0.05, 0.1) is 0 Å². The largest absolute Gasteiger partial charge is 0.490 e. The van der Waals surface area contributed by atoms with Gasteiger partial charge >= 0.3 is 5.97 Å². The van der Waals surface area contributed by atoms with Crippen LogP contribution in [0.4, 0.5) is 0 Å². The Bertz CT molecular complexity index is 354. The Hall–Kier alpha value is -1.81. The Morgan fingerprint density at radius 1 is 1.31 bits per heavy atom. The van der Waals surface area contributed by atoms with Crippen LogP contribution in [0.15, 0.2) is 36.4 Å². The Kier molecular flexibility index (Phi) is 5.08. The summed E-state index contributed by atoms with van der Waals surface area (Å²) in [5, 5.41) is 17.1. The zero-order chi connectivity index (χ0) is 11.8. The van der Waals surface area contributed by atoms with Crippen LogP contribution in [0.2, 0.25) is 0 Å². The Morgan fingerprint density at radius 2 is 2.00 bits per heavy atom. The van der Waals surface area contributed by atoms with Crippen LogP contribution < -0.4 is 4.74 Å². The third kappa shape index (κ3) is 4.61. The van der Waals surface area contributed by atoms with E-state index in [0.717, 1.165) is 11.6 Å². The number of carboxylic acid groups (broad SMARTS) is 1. The lowest BCUT2D eigenvalue weighted by Crippen LogP contribution is -1.96. The van der Waals surface area contributed by atoms with E-state index < -0.39 is 5.97 Å². The summed E-state index contributed by atoms with van der Waals surface area (Å²) >= 11 is 0. The van der Waals surface area contributed by atoms with Crippen molar-refractivity contribution < 1.29 is 19.7 Å². The summed E-state index contributed by atoms with van der Waals surface area (Å²) < 4.78 is 5.28. The van der Waals surface area contributed by atoms with Gasteiger partial charge in [-0.1, -0.05) is 12.1 Å². The topological polar surface area (TPSA) is 66.8 Å². The maximum absolute atomic E-state index is 10.2. The smallest absolute Gasteiger partial charge is 0.328 e. The molecule has 4 nitrogen and oxygen atoms in total. The van der Waals surface area contributed by atoms with Gasteiger partial charge in [-0.2, -0.15) is 0 Å². The Balaban J connectivity index is 2.40. The third-order valence-electron chi connectivity index (χ3n) is 1.93. The van der Waals surface area contributed by atoms with E-state index in [1.807, 2.05) is 12.1 Å². The first kappa shape index (κ1) is 12.3. The number of carbonyl (C=O) groups is 1. The number of aliphatic hydroxyl groups excluding tert-OH is 1. The molecule has 1 aromatic carbocycles. The van der Waals surface area contributed by atoms with Gasteiger partial charge in [0, 0.05) is 12.7 Å². The van der Waals surface area contributed by atoms with Crippen molar-refractivity contribution in [1.29, 1.82) is 0 Å². The van der Waals surface area contributed by atoms with Crippen molar-refractivity contribution in [1.82, 2.24) is 0 Å². The Morgan fingerprint density at radius 3 is 2.56 bits per heavy atom. The SMILES string of the molecule is O=C(O)/C=C/COc1ccc(CCO)cc1. The van der Waals surface area contributed by atoms with Gasteiger partial charge in [-0.15, -0.1) is 0 Å². The van der Waals surface area contributed by atoms with Crippen LogP contribution in [0.5, 0.6) is 5.75 Å². The first-order valence-electron chi connectivity index (χ1n) is 4.94. The van der Waals surface area contributed by atoms with E-state index in [0.29, 0.717) is 12.2 Å². The number of ether oxygens (including phenoxy) is 1. The van der Waals surface area contributed by atoms with Crippen molar-refractivity contribution in [3.8, 4) is 5.75 Å². The van der Waals surface area contributed by atoms with Crippen molar-refractivity contribution in [2.45, 2.75) is 6.42 Å².